The normalized spacial score (nSPS) is 21.5. The third kappa shape index (κ3) is 4.91. The molecule has 2 heterocycles. The summed E-state index contributed by atoms with van der Waals surface area (Å²) in [4.78, 5) is 2.56. The summed E-state index contributed by atoms with van der Waals surface area (Å²) in [5, 5.41) is 11.6. The van der Waals surface area contributed by atoms with Crippen LogP contribution in [0.3, 0.4) is 0 Å². The summed E-state index contributed by atoms with van der Waals surface area (Å²) in [6, 6.07) is 0. The fraction of sp³-hybridized carbons (Fsp3) is 0.857. The Labute approximate surface area is 116 Å². The lowest BCUT2D eigenvalue weighted by atomic mass is 10.0. The summed E-state index contributed by atoms with van der Waals surface area (Å²) >= 11 is 0. The standard InChI is InChI=1S/C14H27N5/c1-3-15-11-14-12-19(17-16-14)10-9-18-7-4-5-13(2)6-8-18/h12-13,15H,3-11H2,1-2H3. The molecule has 1 aliphatic heterocycles. The van der Waals surface area contributed by atoms with Crippen LogP contribution in [0.2, 0.25) is 0 Å². The zero-order valence-corrected chi connectivity index (χ0v) is 12.3. The Bertz CT molecular complexity index is 362. The fourth-order valence-corrected chi connectivity index (χ4v) is 2.57. The second-order valence-corrected chi connectivity index (χ2v) is 5.63. The SMILES string of the molecule is CCNCc1cn(CCN2CCCC(C)CC2)nn1. The van der Waals surface area contributed by atoms with Gasteiger partial charge in [0.05, 0.1) is 12.2 Å². The number of nitrogens with one attached hydrogen (secondary N) is 1. The van der Waals surface area contributed by atoms with Gasteiger partial charge >= 0.3 is 0 Å². The van der Waals surface area contributed by atoms with Gasteiger partial charge in [-0.05, 0) is 44.8 Å². The van der Waals surface area contributed by atoms with Crippen LogP contribution in [-0.2, 0) is 13.1 Å². The number of rotatable bonds is 6. The number of aromatic nitrogens is 3. The van der Waals surface area contributed by atoms with Crippen LogP contribution in [0.4, 0.5) is 0 Å². The Balaban J connectivity index is 1.73. The topological polar surface area (TPSA) is 46.0 Å². The van der Waals surface area contributed by atoms with Crippen molar-refractivity contribution in [2.24, 2.45) is 5.92 Å². The highest BCUT2D eigenvalue weighted by atomic mass is 15.4. The van der Waals surface area contributed by atoms with E-state index in [-0.39, 0.29) is 0 Å². The zero-order chi connectivity index (χ0) is 13.5. The summed E-state index contributed by atoms with van der Waals surface area (Å²) in [6.45, 7) is 10.8. The first-order valence-corrected chi connectivity index (χ1v) is 7.60. The molecule has 1 N–H and O–H groups in total. The lowest BCUT2D eigenvalue weighted by Crippen LogP contribution is -2.28. The van der Waals surface area contributed by atoms with Gasteiger partial charge in [-0.1, -0.05) is 19.1 Å². The van der Waals surface area contributed by atoms with Crippen LogP contribution in [0, 0.1) is 5.92 Å². The van der Waals surface area contributed by atoms with Crippen molar-refractivity contribution in [1.29, 1.82) is 0 Å². The van der Waals surface area contributed by atoms with Gasteiger partial charge in [-0.25, -0.2) is 0 Å². The first kappa shape index (κ1) is 14.5. The number of likely N-dealkylation sites (tertiary alicyclic amines) is 1. The van der Waals surface area contributed by atoms with Crippen molar-refractivity contribution in [3.8, 4) is 0 Å². The maximum Gasteiger partial charge on any atom is 0.0964 e. The molecule has 0 radical (unpaired) electrons. The van der Waals surface area contributed by atoms with Gasteiger partial charge in [0.25, 0.3) is 0 Å². The van der Waals surface area contributed by atoms with E-state index in [1.54, 1.807) is 0 Å². The van der Waals surface area contributed by atoms with E-state index in [2.05, 4.69) is 40.6 Å². The lowest BCUT2D eigenvalue weighted by molar-refractivity contribution is 0.265. The Kier molecular flexibility index (Phi) is 5.79. The Hall–Kier alpha value is -0.940. The average Bonchev–Trinajstić information content (AvgIpc) is 2.76. The third-order valence-electron chi connectivity index (χ3n) is 3.90. The van der Waals surface area contributed by atoms with Crippen LogP contribution >= 0.6 is 0 Å². The quantitative estimate of drug-likeness (QED) is 0.847. The minimum atomic E-state index is 0.817. The van der Waals surface area contributed by atoms with Crippen LogP contribution in [0.25, 0.3) is 0 Å². The Morgan fingerprint density at radius 1 is 1.32 bits per heavy atom. The van der Waals surface area contributed by atoms with Gasteiger partial charge in [-0.2, -0.15) is 0 Å². The number of nitrogens with zero attached hydrogens (tertiary/aromatic N) is 4. The third-order valence-corrected chi connectivity index (χ3v) is 3.90. The molecule has 0 saturated carbocycles. The first-order valence-electron chi connectivity index (χ1n) is 7.60. The summed E-state index contributed by atoms with van der Waals surface area (Å²) in [7, 11) is 0. The Morgan fingerprint density at radius 3 is 3.05 bits per heavy atom. The maximum atomic E-state index is 4.19. The van der Waals surface area contributed by atoms with Gasteiger partial charge < -0.3 is 10.2 Å². The predicted molar refractivity (Wildman–Crippen MR) is 76.9 cm³/mol. The van der Waals surface area contributed by atoms with Crippen LogP contribution in [0.5, 0.6) is 0 Å². The number of hydrogen-bond acceptors (Lipinski definition) is 4. The largest absolute Gasteiger partial charge is 0.311 e. The highest BCUT2D eigenvalue weighted by Gasteiger charge is 2.13. The summed E-state index contributed by atoms with van der Waals surface area (Å²) in [5.74, 6) is 0.892. The van der Waals surface area contributed by atoms with E-state index in [0.717, 1.165) is 37.8 Å². The smallest absolute Gasteiger partial charge is 0.0964 e. The van der Waals surface area contributed by atoms with E-state index in [1.165, 1.54) is 32.4 Å². The molecule has 1 aromatic heterocycles. The molecule has 0 aromatic carbocycles. The molecule has 5 heteroatoms. The van der Waals surface area contributed by atoms with Crippen molar-refractivity contribution in [2.75, 3.05) is 26.2 Å². The van der Waals surface area contributed by atoms with Crippen molar-refractivity contribution in [3.05, 3.63) is 11.9 Å². The molecule has 0 spiro atoms. The van der Waals surface area contributed by atoms with Crippen molar-refractivity contribution in [2.45, 2.75) is 46.2 Å². The minimum absolute atomic E-state index is 0.817. The molecule has 1 aliphatic rings. The summed E-state index contributed by atoms with van der Waals surface area (Å²) in [6.07, 6.45) is 6.11. The van der Waals surface area contributed by atoms with Gasteiger partial charge in [0.2, 0.25) is 0 Å². The van der Waals surface area contributed by atoms with E-state index in [4.69, 9.17) is 0 Å². The molecule has 1 aromatic rings. The van der Waals surface area contributed by atoms with Crippen LogP contribution < -0.4 is 5.32 Å². The van der Waals surface area contributed by atoms with Crippen LogP contribution in [0.15, 0.2) is 6.20 Å². The molecule has 108 valence electrons. The van der Waals surface area contributed by atoms with E-state index in [1.807, 2.05) is 4.68 Å². The maximum absolute atomic E-state index is 4.19. The monoisotopic (exact) mass is 265 g/mol. The molecule has 0 aliphatic carbocycles. The molecule has 1 saturated heterocycles. The first-order chi connectivity index (χ1) is 9.28. The van der Waals surface area contributed by atoms with E-state index in [9.17, 15) is 0 Å². The van der Waals surface area contributed by atoms with Crippen molar-refractivity contribution >= 4 is 0 Å². The summed E-state index contributed by atoms with van der Waals surface area (Å²) in [5.41, 5.74) is 1.03. The highest BCUT2D eigenvalue weighted by molar-refractivity contribution is 4.91. The van der Waals surface area contributed by atoms with Gasteiger partial charge in [0.1, 0.15) is 0 Å². The fourth-order valence-electron chi connectivity index (χ4n) is 2.57. The van der Waals surface area contributed by atoms with Crippen LogP contribution in [-0.4, -0.2) is 46.1 Å². The van der Waals surface area contributed by atoms with E-state index in [0.29, 0.717) is 0 Å². The molecule has 2 rings (SSSR count). The van der Waals surface area contributed by atoms with Crippen molar-refractivity contribution in [1.82, 2.24) is 25.2 Å². The summed E-state index contributed by atoms with van der Waals surface area (Å²) < 4.78 is 1.97. The molecule has 1 atom stereocenters. The molecule has 1 unspecified atom stereocenters. The molecule has 0 amide bonds. The second-order valence-electron chi connectivity index (χ2n) is 5.63. The van der Waals surface area contributed by atoms with Gasteiger partial charge in [-0.3, -0.25) is 4.68 Å². The zero-order valence-electron chi connectivity index (χ0n) is 12.3. The molecular formula is C14H27N5. The molecular weight excluding hydrogens is 238 g/mol. The number of hydrogen-bond donors (Lipinski definition) is 1. The highest BCUT2D eigenvalue weighted by Crippen LogP contribution is 2.16. The molecule has 1 fully saturated rings. The molecule has 0 bridgehead atoms. The van der Waals surface area contributed by atoms with E-state index >= 15 is 0 Å². The van der Waals surface area contributed by atoms with E-state index < -0.39 is 0 Å². The predicted octanol–water partition coefficient (Wildman–Crippen LogP) is 1.51. The van der Waals surface area contributed by atoms with Crippen molar-refractivity contribution < 1.29 is 0 Å². The van der Waals surface area contributed by atoms with Gasteiger partial charge in [0.15, 0.2) is 0 Å². The Morgan fingerprint density at radius 2 is 2.21 bits per heavy atom. The lowest BCUT2D eigenvalue weighted by Gasteiger charge is -2.19. The van der Waals surface area contributed by atoms with Gasteiger partial charge in [-0.15, -0.1) is 5.10 Å². The van der Waals surface area contributed by atoms with Crippen molar-refractivity contribution in [3.63, 3.8) is 0 Å². The second kappa shape index (κ2) is 7.60. The average molecular weight is 265 g/mol. The molecule has 19 heavy (non-hydrogen) atoms. The molecule has 5 nitrogen and oxygen atoms in total. The minimum Gasteiger partial charge on any atom is -0.311 e. The van der Waals surface area contributed by atoms with Crippen LogP contribution in [0.1, 0.15) is 38.8 Å². The van der Waals surface area contributed by atoms with Gasteiger partial charge in [0, 0.05) is 19.3 Å².